The Kier molecular flexibility index (Phi) is 4.23. The van der Waals surface area contributed by atoms with Crippen LogP contribution in [0.25, 0.3) is 0 Å². The van der Waals surface area contributed by atoms with Crippen molar-refractivity contribution in [1.29, 1.82) is 0 Å². The summed E-state index contributed by atoms with van der Waals surface area (Å²) in [4.78, 5) is 15.0. The average Bonchev–Trinajstić information content (AvgIpc) is 3.25. The number of carbonyl (C=O) groups excluding carboxylic acids is 1. The molecule has 2 atom stereocenters. The Hall–Kier alpha value is -2.21. The Morgan fingerprint density at radius 2 is 1.81 bits per heavy atom. The molecular weight excluding hydrogens is 338 g/mol. The second-order valence-corrected chi connectivity index (χ2v) is 8.39. The van der Waals surface area contributed by atoms with Crippen LogP contribution in [-0.2, 0) is 25.9 Å². The van der Waals surface area contributed by atoms with Gasteiger partial charge in [0.2, 0.25) is 5.82 Å². The monoisotopic (exact) mass is 365 g/mol. The summed E-state index contributed by atoms with van der Waals surface area (Å²) < 4.78 is 2.07. The predicted octanol–water partition coefficient (Wildman–Crippen LogP) is 2.04. The molecule has 1 saturated heterocycles. The SMILES string of the molecule is CCc1ccc(CN2C[C@@H]3Cc4nnc(C(=O)NC5CC5)n4C[C@@H]3C2)cc1. The molecular formula is C21H27N5O. The second kappa shape index (κ2) is 6.75. The van der Waals surface area contributed by atoms with E-state index in [4.69, 9.17) is 0 Å². The molecule has 5 rings (SSSR count). The Morgan fingerprint density at radius 3 is 2.56 bits per heavy atom. The largest absolute Gasteiger partial charge is 0.347 e. The van der Waals surface area contributed by atoms with Gasteiger partial charge in [-0.2, -0.15) is 0 Å². The van der Waals surface area contributed by atoms with Crippen molar-refractivity contribution < 1.29 is 4.79 Å². The molecule has 0 bridgehead atoms. The van der Waals surface area contributed by atoms with Gasteiger partial charge in [-0.25, -0.2) is 0 Å². The number of aryl methyl sites for hydroxylation is 1. The molecule has 6 heteroatoms. The first-order chi connectivity index (χ1) is 13.2. The molecule has 0 unspecified atom stereocenters. The van der Waals surface area contributed by atoms with E-state index in [0.717, 1.165) is 57.7 Å². The molecule has 0 radical (unpaired) electrons. The van der Waals surface area contributed by atoms with E-state index in [2.05, 4.69) is 56.2 Å². The fourth-order valence-electron chi connectivity index (χ4n) is 4.53. The topological polar surface area (TPSA) is 63.1 Å². The zero-order valence-electron chi connectivity index (χ0n) is 15.9. The van der Waals surface area contributed by atoms with Crippen LogP contribution >= 0.6 is 0 Å². The molecule has 1 saturated carbocycles. The third-order valence-corrected chi connectivity index (χ3v) is 6.29. The van der Waals surface area contributed by atoms with E-state index < -0.39 is 0 Å². The maximum absolute atomic E-state index is 12.4. The van der Waals surface area contributed by atoms with Crippen molar-refractivity contribution in [3.8, 4) is 0 Å². The van der Waals surface area contributed by atoms with Gasteiger partial charge in [0.25, 0.3) is 5.91 Å². The summed E-state index contributed by atoms with van der Waals surface area (Å²) in [5.74, 6) is 2.63. The van der Waals surface area contributed by atoms with Crippen LogP contribution in [0.5, 0.6) is 0 Å². The number of likely N-dealkylation sites (tertiary alicyclic amines) is 1. The third kappa shape index (κ3) is 3.38. The van der Waals surface area contributed by atoms with Gasteiger partial charge < -0.3 is 9.88 Å². The number of hydrogen-bond acceptors (Lipinski definition) is 4. The highest BCUT2D eigenvalue weighted by molar-refractivity contribution is 5.91. The lowest BCUT2D eigenvalue weighted by Gasteiger charge is -2.25. The number of carbonyl (C=O) groups is 1. The molecule has 1 N–H and O–H groups in total. The maximum atomic E-state index is 12.4. The van der Waals surface area contributed by atoms with Crippen molar-refractivity contribution in [2.75, 3.05) is 13.1 Å². The van der Waals surface area contributed by atoms with Crippen LogP contribution in [0, 0.1) is 11.8 Å². The van der Waals surface area contributed by atoms with Crippen molar-refractivity contribution >= 4 is 5.91 Å². The van der Waals surface area contributed by atoms with E-state index in [9.17, 15) is 4.79 Å². The zero-order chi connectivity index (χ0) is 18.4. The Bertz CT molecular complexity index is 839. The number of benzene rings is 1. The predicted molar refractivity (Wildman–Crippen MR) is 102 cm³/mol. The molecule has 1 aromatic carbocycles. The number of aromatic nitrogens is 3. The summed E-state index contributed by atoms with van der Waals surface area (Å²) in [6.45, 7) is 6.26. The number of amides is 1. The molecule has 3 aliphatic rings. The number of nitrogens with one attached hydrogen (secondary N) is 1. The lowest BCUT2D eigenvalue weighted by Crippen LogP contribution is -2.33. The second-order valence-electron chi connectivity index (χ2n) is 8.39. The van der Waals surface area contributed by atoms with Crippen molar-refractivity contribution in [1.82, 2.24) is 25.0 Å². The molecule has 2 aliphatic heterocycles. The van der Waals surface area contributed by atoms with Crippen molar-refractivity contribution in [2.45, 2.75) is 51.7 Å². The van der Waals surface area contributed by atoms with Gasteiger partial charge in [-0.15, -0.1) is 10.2 Å². The van der Waals surface area contributed by atoms with Gasteiger partial charge in [-0.3, -0.25) is 9.69 Å². The summed E-state index contributed by atoms with van der Waals surface area (Å²) in [5, 5.41) is 11.6. The first-order valence-electron chi connectivity index (χ1n) is 10.2. The van der Waals surface area contributed by atoms with Gasteiger partial charge in [0.1, 0.15) is 5.82 Å². The van der Waals surface area contributed by atoms with E-state index in [1.54, 1.807) is 0 Å². The minimum absolute atomic E-state index is 0.0550. The highest BCUT2D eigenvalue weighted by Gasteiger charge is 2.39. The van der Waals surface area contributed by atoms with E-state index >= 15 is 0 Å². The van der Waals surface area contributed by atoms with Crippen molar-refractivity contribution in [3.05, 3.63) is 47.0 Å². The number of hydrogen-bond donors (Lipinski definition) is 1. The zero-order valence-corrected chi connectivity index (χ0v) is 15.9. The maximum Gasteiger partial charge on any atom is 0.289 e. The van der Waals surface area contributed by atoms with Crippen LogP contribution in [0.4, 0.5) is 0 Å². The first kappa shape index (κ1) is 16.9. The lowest BCUT2D eigenvalue weighted by atomic mass is 9.89. The summed E-state index contributed by atoms with van der Waals surface area (Å²) in [6, 6.07) is 9.35. The summed E-state index contributed by atoms with van der Waals surface area (Å²) in [5.41, 5.74) is 2.78. The highest BCUT2D eigenvalue weighted by Crippen LogP contribution is 2.33. The van der Waals surface area contributed by atoms with Crippen LogP contribution in [-0.4, -0.2) is 44.7 Å². The summed E-state index contributed by atoms with van der Waals surface area (Å²) >= 11 is 0. The molecule has 1 amide bonds. The van der Waals surface area contributed by atoms with Crippen LogP contribution in [0.2, 0.25) is 0 Å². The summed E-state index contributed by atoms with van der Waals surface area (Å²) in [6.07, 6.45) is 4.20. The van der Waals surface area contributed by atoms with E-state index in [0.29, 0.717) is 23.7 Å². The Balaban J connectivity index is 1.25. The average molecular weight is 365 g/mol. The number of fused-ring (bicyclic) bond motifs is 2. The number of rotatable bonds is 5. The molecule has 1 aliphatic carbocycles. The van der Waals surface area contributed by atoms with E-state index in [1.165, 1.54) is 11.1 Å². The molecule has 6 nitrogen and oxygen atoms in total. The number of nitrogens with zero attached hydrogens (tertiary/aromatic N) is 4. The highest BCUT2D eigenvalue weighted by atomic mass is 16.2. The van der Waals surface area contributed by atoms with Gasteiger partial charge in [-0.05, 0) is 42.2 Å². The third-order valence-electron chi connectivity index (χ3n) is 6.29. The molecule has 2 fully saturated rings. The molecule has 1 aromatic heterocycles. The van der Waals surface area contributed by atoms with Crippen LogP contribution in [0.15, 0.2) is 24.3 Å². The fourth-order valence-corrected chi connectivity index (χ4v) is 4.53. The molecule has 2 aromatic rings. The van der Waals surface area contributed by atoms with Crippen LogP contribution < -0.4 is 5.32 Å². The quantitative estimate of drug-likeness (QED) is 0.881. The Morgan fingerprint density at radius 1 is 1.07 bits per heavy atom. The smallest absolute Gasteiger partial charge is 0.289 e. The van der Waals surface area contributed by atoms with Gasteiger partial charge >= 0.3 is 0 Å². The van der Waals surface area contributed by atoms with Gasteiger partial charge in [0.15, 0.2) is 0 Å². The molecule has 3 heterocycles. The molecule has 0 spiro atoms. The standard InChI is InChI=1S/C21H27N5O/c1-2-14-3-5-15(6-4-14)10-25-11-16-9-19-23-24-20(21(27)22-18-7-8-18)26(19)13-17(16)12-25/h3-6,16-18H,2,7-13H2,1H3,(H,22,27)/t16-,17-/m0/s1. The first-order valence-corrected chi connectivity index (χ1v) is 10.2. The van der Waals surface area contributed by atoms with E-state index in [1.807, 2.05) is 0 Å². The van der Waals surface area contributed by atoms with Crippen molar-refractivity contribution in [3.63, 3.8) is 0 Å². The minimum atomic E-state index is -0.0550. The molecule has 142 valence electrons. The fraction of sp³-hybridized carbons (Fsp3) is 0.571. The van der Waals surface area contributed by atoms with Crippen LogP contribution in [0.3, 0.4) is 0 Å². The summed E-state index contributed by atoms with van der Waals surface area (Å²) in [7, 11) is 0. The normalized spacial score (nSPS) is 24.5. The Labute approximate surface area is 160 Å². The van der Waals surface area contributed by atoms with E-state index in [-0.39, 0.29) is 5.91 Å². The minimum Gasteiger partial charge on any atom is -0.347 e. The lowest BCUT2D eigenvalue weighted by molar-refractivity contribution is 0.0932. The molecule has 27 heavy (non-hydrogen) atoms. The van der Waals surface area contributed by atoms with Crippen molar-refractivity contribution in [2.24, 2.45) is 11.8 Å². The van der Waals surface area contributed by atoms with Gasteiger partial charge in [0.05, 0.1) is 0 Å². The van der Waals surface area contributed by atoms with Gasteiger partial charge in [0, 0.05) is 38.6 Å². The van der Waals surface area contributed by atoms with Gasteiger partial charge in [-0.1, -0.05) is 31.2 Å². The van der Waals surface area contributed by atoms with Crippen LogP contribution in [0.1, 0.15) is 47.3 Å².